The number of unbranched alkanes of at least 4 members (excludes halogenated alkanes) is 1. The fraction of sp³-hybridized carbons (Fsp3) is 0.700. The average molecular weight is 507 g/mol. The summed E-state index contributed by atoms with van der Waals surface area (Å²) >= 11 is 0. The number of nitrogens with one attached hydrogen (secondary N) is 3. The second kappa shape index (κ2) is 13.7. The van der Waals surface area contributed by atoms with Crippen LogP contribution in [0, 0.1) is 0 Å². The van der Waals surface area contributed by atoms with E-state index in [1.54, 1.807) is 0 Å². The lowest BCUT2D eigenvalue weighted by Crippen LogP contribution is -2.49. The number of carbonyl (C=O) groups is 1. The molecule has 0 spiro atoms. The Hall–Kier alpha value is -1.45. The lowest BCUT2D eigenvalue weighted by atomic mass is 10.1. The monoisotopic (exact) mass is 507 g/mol. The van der Waals surface area contributed by atoms with Crippen molar-refractivity contribution in [2.45, 2.75) is 72.1 Å². The van der Waals surface area contributed by atoms with Gasteiger partial charge in [0.15, 0.2) is 5.96 Å². The SMILES string of the molecule is CCCCC(CNC(=O)OC(C)(C)C)NC(=NCc1ccn(C)c1)NCC.I. The van der Waals surface area contributed by atoms with Crippen molar-refractivity contribution >= 4 is 36.0 Å². The summed E-state index contributed by atoms with van der Waals surface area (Å²) in [4.78, 5) is 16.6. The number of halogens is 1. The lowest BCUT2D eigenvalue weighted by Gasteiger charge is -2.24. The van der Waals surface area contributed by atoms with Crippen LogP contribution < -0.4 is 16.0 Å². The molecule has 0 radical (unpaired) electrons. The van der Waals surface area contributed by atoms with Crippen molar-refractivity contribution in [1.82, 2.24) is 20.5 Å². The van der Waals surface area contributed by atoms with E-state index in [-0.39, 0.29) is 30.0 Å². The molecule has 0 aliphatic carbocycles. The minimum absolute atomic E-state index is 0. The van der Waals surface area contributed by atoms with Crippen LogP contribution in [-0.2, 0) is 18.3 Å². The van der Waals surface area contributed by atoms with Gasteiger partial charge in [-0.25, -0.2) is 9.79 Å². The molecule has 0 aromatic carbocycles. The van der Waals surface area contributed by atoms with Crippen LogP contribution in [-0.4, -0.2) is 41.4 Å². The number of alkyl carbamates (subject to hydrolysis) is 1. The summed E-state index contributed by atoms with van der Waals surface area (Å²) < 4.78 is 7.34. The lowest BCUT2D eigenvalue weighted by molar-refractivity contribution is 0.0523. The number of carbonyl (C=O) groups excluding carboxylic acids is 1. The molecule has 0 saturated heterocycles. The Balaban J connectivity index is 0.00000729. The van der Waals surface area contributed by atoms with Crippen LogP contribution in [0.1, 0.15) is 59.4 Å². The summed E-state index contributed by atoms with van der Waals surface area (Å²) in [7, 11) is 2.00. The first-order chi connectivity index (χ1) is 12.7. The number of amides is 1. The molecule has 1 aromatic rings. The van der Waals surface area contributed by atoms with Gasteiger partial charge in [-0.05, 0) is 45.7 Å². The van der Waals surface area contributed by atoms with Crippen LogP contribution in [0.5, 0.6) is 0 Å². The highest BCUT2D eigenvalue weighted by molar-refractivity contribution is 14.0. The van der Waals surface area contributed by atoms with Crippen LogP contribution in [0.2, 0.25) is 0 Å². The second-order valence-electron chi connectivity index (χ2n) is 7.75. The Morgan fingerprint density at radius 1 is 1.29 bits per heavy atom. The Morgan fingerprint density at radius 3 is 2.54 bits per heavy atom. The zero-order valence-electron chi connectivity index (χ0n) is 18.2. The maximum absolute atomic E-state index is 12.0. The quantitative estimate of drug-likeness (QED) is 0.270. The van der Waals surface area contributed by atoms with E-state index < -0.39 is 11.7 Å². The minimum atomic E-state index is -0.498. The largest absolute Gasteiger partial charge is 0.444 e. The van der Waals surface area contributed by atoms with Crippen molar-refractivity contribution in [3.63, 3.8) is 0 Å². The standard InChI is InChI=1S/C20H37N5O2.HI/c1-7-9-10-17(14-23-19(26)27-20(3,4)5)24-18(21-8-2)22-13-16-11-12-25(6)15-16;/h11-12,15,17H,7-10,13-14H2,1-6H3,(H,23,26)(H2,21,22,24);1H. The van der Waals surface area contributed by atoms with E-state index in [1.807, 2.05) is 45.5 Å². The molecule has 0 saturated carbocycles. The molecule has 0 fully saturated rings. The van der Waals surface area contributed by atoms with Crippen molar-refractivity contribution in [3.8, 4) is 0 Å². The second-order valence-corrected chi connectivity index (χ2v) is 7.75. The van der Waals surface area contributed by atoms with Crippen molar-refractivity contribution in [1.29, 1.82) is 0 Å². The molecular formula is C20H38IN5O2. The third-order valence-corrected chi connectivity index (χ3v) is 3.80. The maximum atomic E-state index is 12.0. The molecule has 1 amide bonds. The van der Waals surface area contributed by atoms with Crippen molar-refractivity contribution in [2.75, 3.05) is 13.1 Å². The van der Waals surface area contributed by atoms with E-state index in [9.17, 15) is 4.79 Å². The van der Waals surface area contributed by atoms with Gasteiger partial charge in [-0.2, -0.15) is 0 Å². The number of aromatic nitrogens is 1. The first-order valence-electron chi connectivity index (χ1n) is 9.86. The summed E-state index contributed by atoms with van der Waals surface area (Å²) in [5, 5.41) is 9.59. The Morgan fingerprint density at radius 2 is 2.00 bits per heavy atom. The molecule has 1 unspecified atom stereocenters. The van der Waals surface area contributed by atoms with Crippen LogP contribution in [0.15, 0.2) is 23.5 Å². The Bertz CT molecular complexity index is 596. The predicted molar refractivity (Wildman–Crippen MR) is 126 cm³/mol. The third kappa shape index (κ3) is 12.1. The van der Waals surface area contributed by atoms with Gasteiger partial charge in [0.1, 0.15) is 5.60 Å². The predicted octanol–water partition coefficient (Wildman–Crippen LogP) is 3.78. The van der Waals surface area contributed by atoms with Gasteiger partial charge < -0.3 is 25.3 Å². The van der Waals surface area contributed by atoms with Crippen molar-refractivity contribution < 1.29 is 9.53 Å². The fourth-order valence-electron chi connectivity index (χ4n) is 2.53. The topological polar surface area (TPSA) is 79.7 Å². The van der Waals surface area contributed by atoms with Gasteiger partial charge >= 0.3 is 6.09 Å². The van der Waals surface area contributed by atoms with E-state index in [0.29, 0.717) is 13.1 Å². The summed E-state index contributed by atoms with van der Waals surface area (Å²) in [6.07, 6.45) is 6.80. The highest BCUT2D eigenvalue weighted by Crippen LogP contribution is 2.07. The summed E-state index contributed by atoms with van der Waals surface area (Å²) in [5.74, 6) is 0.758. The van der Waals surface area contributed by atoms with E-state index in [2.05, 4.69) is 40.1 Å². The van der Waals surface area contributed by atoms with Gasteiger partial charge in [0, 0.05) is 38.6 Å². The van der Waals surface area contributed by atoms with Gasteiger partial charge in [0.05, 0.1) is 6.54 Å². The molecular weight excluding hydrogens is 469 g/mol. The van der Waals surface area contributed by atoms with E-state index in [4.69, 9.17) is 4.74 Å². The fourth-order valence-corrected chi connectivity index (χ4v) is 2.53. The van der Waals surface area contributed by atoms with Gasteiger partial charge in [-0.1, -0.05) is 19.8 Å². The number of rotatable bonds is 9. The minimum Gasteiger partial charge on any atom is -0.444 e. The molecule has 0 bridgehead atoms. The molecule has 7 nitrogen and oxygen atoms in total. The van der Waals surface area contributed by atoms with Gasteiger partial charge in [-0.3, -0.25) is 0 Å². The van der Waals surface area contributed by atoms with Crippen LogP contribution >= 0.6 is 24.0 Å². The third-order valence-electron chi connectivity index (χ3n) is 3.80. The van der Waals surface area contributed by atoms with Crippen molar-refractivity contribution in [2.24, 2.45) is 12.0 Å². The highest BCUT2D eigenvalue weighted by atomic mass is 127. The van der Waals surface area contributed by atoms with Gasteiger partial charge in [0.2, 0.25) is 0 Å². The first-order valence-corrected chi connectivity index (χ1v) is 9.86. The summed E-state index contributed by atoms with van der Waals surface area (Å²) in [6, 6.07) is 2.15. The number of nitrogens with zero attached hydrogens (tertiary/aromatic N) is 2. The number of aliphatic imine (C=N–C) groups is 1. The zero-order valence-corrected chi connectivity index (χ0v) is 20.5. The van der Waals surface area contributed by atoms with Gasteiger partial charge in [0.25, 0.3) is 0 Å². The Labute approximate surface area is 187 Å². The number of aryl methyl sites for hydroxylation is 1. The molecule has 0 aliphatic heterocycles. The van der Waals surface area contributed by atoms with E-state index >= 15 is 0 Å². The number of hydrogen-bond acceptors (Lipinski definition) is 3. The van der Waals surface area contributed by atoms with E-state index in [1.165, 1.54) is 0 Å². The van der Waals surface area contributed by atoms with Gasteiger partial charge in [-0.15, -0.1) is 24.0 Å². The molecule has 1 atom stereocenters. The molecule has 162 valence electrons. The Kier molecular flexibility index (Phi) is 13.0. The highest BCUT2D eigenvalue weighted by Gasteiger charge is 2.18. The van der Waals surface area contributed by atoms with Crippen LogP contribution in [0.25, 0.3) is 0 Å². The van der Waals surface area contributed by atoms with Crippen LogP contribution in [0.4, 0.5) is 4.79 Å². The first kappa shape index (κ1) is 26.6. The number of ether oxygens (including phenoxy) is 1. The molecule has 1 aromatic heterocycles. The summed E-state index contributed by atoms with van der Waals surface area (Å²) in [6.45, 7) is 11.7. The molecule has 8 heteroatoms. The smallest absolute Gasteiger partial charge is 0.407 e. The average Bonchev–Trinajstić information content (AvgIpc) is 2.99. The van der Waals surface area contributed by atoms with Crippen molar-refractivity contribution in [3.05, 3.63) is 24.0 Å². The zero-order chi connectivity index (χ0) is 20.3. The van der Waals surface area contributed by atoms with Crippen LogP contribution in [0.3, 0.4) is 0 Å². The molecule has 3 N–H and O–H groups in total. The normalized spacial score (nSPS) is 12.7. The molecule has 1 heterocycles. The van der Waals surface area contributed by atoms with E-state index in [0.717, 1.165) is 37.3 Å². The summed E-state index contributed by atoms with van der Waals surface area (Å²) in [5.41, 5.74) is 0.661. The number of hydrogen-bond donors (Lipinski definition) is 3. The molecule has 1 rings (SSSR count). The molecule has 28 heavy (non-hydrogen) atoms. The molecule has 0 aliphatic rings. The maximum Gasteiger partial charge on any atom is 0.407 e. The number of guanidine groups is 1.